The number of nitrogens with two attached hydrogens (primary N) is 2. The van der Waals surface area contributed by atoms with Gasteiger partial charge in [0.1, 0.15) is 18.1 Å². The van der Waals surface area contributed by atoms with Crippen LogP contribution in [0.3, 0.4) is 0 Å². The summed E-state index contributed by atoms with van der Waals surface area (Å²) in [6, 6.07) is -4.08. The molecule has 0 rings (SSSR count). The molecule has 0 fully saturated rings. The predicted molar refractivity (Wildman–Crippen MR) is 124 cm³/mol. The summed E-state index contributed by atoms with van der Waals surface area (Å²) in [4.78, 5) is 60.9. The highest BCUT2D eigenvalue weighted by molar-refractivity contribution is 5.94. The molecule has 8 N–H and O–H groups in total. The summed E-state index contributed by atoms with van der Waals surface area (Å²) >= 11 is 0. The Balaban J connectivity index is 5.57. The topological polar surface area (TPSA) is 194 Å². The second kappa shape index (κ2) is 14.5. The highest BCUT2D eigenvalue weighted by atomic mass is 16.4. The highest BCUT2D eigenvalue weighted by Crippen LogP contribution is 2.13. The third-order valence-corrected chi connectivity index (χ3v) is 5.86. The fourth-order valence-electron chi connectivity index (χ4n) is 3.09. The van der Waals surface area contributed by atoms with Crippen LogP contribution >= 0.6 is 0 Å². The minimum absolute atomic E-state index is 0.0414. The first-order valence-corrected chi connectivity index (χ1v) is 11.4. The fourth-order valence-corrected chi connectivity index (χ4v) is 3.09. The van der Waals surface area contributed by atoms with Gasteiger partial charge >= 0.3 is 5.97 Å². The van der Waals surface area contributed by atoms with Crippen molar-refractivity contribution in [2.24, 2.45) is 29.2 Å². The Morgan fingerprint density at radius 2 is 1.15 bits per heavy atom. The van der Waals surface area contributed by atoms with Crippen molar-refractivity contribution in [3.05, 3.63) is 0 Å². The molecule has 11 heteroatoms. The highest BCUT2D eigenvalue weighted by Gasteiger charge is 2.34. The molecular formula is C22H41N5O6. The van der Waals surface area contributed by atoms with Crippen molar-refractivity contribution in [1.29, 1.82) is 0 Å². The maximum atomic E-state index is 13.1. The normalized spacial score (nSPS) is 16.6. The van der Waals surface area contributed by atoms with Crippen molar-refractivity contribution in [2.45, 2.75) is 91.4 Å². The number of carbonyl (C=O) groups excluding carboxylic acids is 4. The number of carboxylic acids is 1. The van der Waals surface area contributed by atoms with Gasteiger partial charge in [-0.25, -0.2) is 4.79 Å². The monoisotopic (exact) mass is 471 g/mol. The van der Waals surface area contributed by atoms with Crippen LogP contribution in [0.25, 0.3) is 0 Å². The van der Waals surface area contributed by atoms with Crippen molar-refractivity contribution in [2.75, 3.05) is 0 Å². The average molecular weight is 472 g/mol. The zero-order chi connectivity index (χ0) is 25.9. The van der Waals surface area contributed by atoms with Crippen LogP contribution in [0.4, 0.5) is 0 Å². The summed E-state index contributed by atoms with van der Waals surface area (Å²) in [6.45, 7) is 10.6. The van der Waals surface area contributed by atoms with Gasteiger partial charge in [-0.1, -0.05) is 54.4 Å². The van der Waals surface area contributed by atoms with Gasteiger partial charge in [0.2, 0.25) is 23.6 Å². The summed E-state index contributed by atoms with van der Waals surface area (Å²) in [5.41, 5.74) is 10.9. The van der Waals surface area contributed by atoms with Gasteiger partial charge in [-0.15, -0.1) is 0 Å². The lowest BCUT2D eigenvalue weighted by atomic mass is 9.94. The molecule has 0 aromatic carbocycles. The van der Waals surface area contributed by atoms with E-state index in [2.05, 4.69) is 16.0 Å². The Morgan fingerprint density at radius 3 is 1.48 bits per heavy atom. The Morgan fingerprint density at radius 1 is 0.758 bits per heavy atom. The van der Waals surface area contributed by atoms with Crippen molar-refractivity contribution in [3.8, 4) is 0 Å². The van der Waals surface area contributed by atoms with Crippen LogP contribution in [0.1, 0.15) is 67.2 Å². The number of rotatable bonds is 15. The van der Waals surface area contributed by atoms with Crippen molar-refractivity contribution in [3.63, 3.8) is 0 Å². The molecule has 190 valence electrons. The van der Waals surface area contributed by atoms with Gasteiger partial charge in [-0.3, -0.25) is 19.2 Å². The molecule has 0 aliphatic heterocycles. The molecule has 0 radical (unpaired) electrons. The van der Waals surface area contributed by atoms with Gasteiger partial charge in [0, 0.05) is 6.42 Å². The zero-order valence-corrected chi connectivity index (χ0v) is 20.5. The van der Waals surface area contributed by atoms with E-state index in [4.69, 9.17) is 11.5 Å². The van der Waals surface area contributed by atoms with E-state index >= 15 is 0 Å². The summed E-state index contributed by atoms with van der Waals surface area (Å²) < 4.78 is 0. The van der Waals surface area contributed by atoms with E-state index in [0.717, 1.165) is 0 Å². The molecule has 6 unspecified atom stereocenters. The molecule has 0 saturated heterocycles. The molecule has 0 aromatic heterocycles. The van der Waals surface area contributed by atoms with E-state index < -0.39 is 53.8 Å². The van der Waals surface area contributed by atoms with E-state index in [9.17, 15) is 29.1 Å². The molecule has 0 heterocycles. The number of carboxylic acid groups (broad SMARTS) is 1. The molecule has 33 heavy (non-hydrogen) atoms. The number of nitrogens with one attached hydrogen (secondary N) is 3. The molecule has 0 aliphatic carbocycles. The number of carbonyl (C=O) groups is 5. The Labute approximate surface area is 195 Å². The van der Waals surface area contributed by atoms with Gasteiger partial charge in [0.25, 0.3) is 0 Å². The molecule has 0 saturated carbocycles. The largest absolute Gasteiger partial charge is 0.480 e. The summed E-state index contributed by atoms with van der Waals surface area (Å²) in [7, 11) is 0. The number of aliphatic carboxylic acids is 1. The number of hydrogen-bond donors (Lipinski definition) is 6. The van der Waals surface area contributed by atoms with E-state index in [1.807, 2.05) is 13.8 Å². The standard InChI is InChI=1S/C22H41N5O6/c1-7-12(5)17(26-19(29)14(23)9-10-15(24)28)21(31)27-18(13(6)8-2)20(30)25-16(11(3)4)22(32)33/h11-14,16-18H,7-10,23H2,1-6H3,(H2,24,28)(H,25,30)(H,26,29)(H,27,31)(H,32,33). The molecule has 0 spiro atoms. The van der Waals surface area contributed by atoms with Crippen LogP contribution in [0.15, 0.2) is 0 Å². The molecular weight excluding hydrogens is 430 g/mol. The van der Waals surface area contributed by atoms with Gasteiger partial charge in [0.05, 0.1) is 6.04 Å². The third kappa shape index (κ3) is 10.2. The van der Waals surface area contributed by atoms with Gasteiger partial charge < -0.3 is 32.5 Å². The number of hydrogen-bond acceptors (Lipinski definition) is 6. The minimum Gasteiger partial charge on any atom is -0.480 e. The first-order chi connectivity index (χ1) is 15.3. The quantitative estimate of drug-likeness (QED) is 0.191. The van der Waals surface area contributed by atoms with Crippen molar-refractivity contribution < 1.29 is 29.1 Å². The maximum Gasteiger partial charge on any atom is 0.326 e. The summed E-state index contributed by atoms with van der Waals surface area (Å²) in [5.74, 6) is -4.45. The second-order valence-electron chi connectivity index (χ2n) is 8.92. The van der Waals surface area contributed by atoms with E-state index in [1.165, 1.54) is 0 Å². The van der Waals surface area contributed by atoms with Crippen LogP contribution < -0.4 is 27.4 Å². The molecule has 11 nitrogen and oxygen atoms in total. The lowest BCUT2D eigenvalue weighted by Crippen LogP contribution is -2.60. The summed E-state index contributed by atoms with van der Waals surface area (Å²) in [5, 5.41) is 17.2. The third-order valence-electron chi connectivity index (χ3n) is 5.86. The maximum absolute atomic E-state index is 13.1. The number of primary amides is 1. The van der Waals surface area contributed by atoms with E-state index in [0.29, 0.717) is 12.8 Å². The first kappa shape index (κ1) is 30.3. The first-order valence-electron chi connectivity index (χ1n) is 11.4. The van der Waals surface area contributed by atoms with Crippen LogP contribution in [-0.2, 0) is 24.0 Å². The predicted octanol–water partition coefficient (Wildman–Crippen LogP) is -0.134. The Hall–Kier alpha value is -2.69. The van der Waals surface area contributed by atoms with Gasteiger partial charge in [-0.05, 0) is 24.2 Å². The van der Waals surface area contributed by atoms with Crippen molar-refractivity contribution >= 4 is 29.6 Å². The summed E-state index contributed by atoms with van der Waals surface area (Å²) in [6.07, 6.45) is 1.09. The lowest BCUT2D eigenvalue weighted by molar-refractivity contribution is -0.144. The Kier molecular flexibility index (Phi) is 13.3. The van der Waals surface area contributed by atoms with Gasteiger partial charge in [0.15, 0.2) is 0 Å². The van der Waals surface area contributed by atoms with Crippen LogP contribution in [0.2, 0.25) is 0 Å². The second-order valence-corrected chi connectivity index (χ2v) is 8.92. The van der Waals surface area contributed by atoms with Crippen LogP contribution in [-0.4, -0.2) is 58.9 Å². The minimum atomic E-state index is -1.16. The molecule has 0 bridgehead atoms. The number of amides is 4. The Bertz CT molecular complexity index is 699. The SMILES string of the molecule is CCC(C)C(NC(=O)C(N)CCC(N)=O)C(=O)NC(C(=O)NC(C(=O)O)C(C)C)C(C)CC. The van der Waals surface area contributed by atoms with Crippen molar-refractivity contribution in [1.82, 2.24) is 16.0 Å². The van der Waals surface area contributed by atoms with Crippen LogP contribution in [0.5, 0.6) is 0 Å². The fraction of sp³-hybridized carbons (Fsp3) is 0.773. The lowest BCUT2D eigenvalue weighted by Gasteiger charge is -2.30. The van der Waals surface area contributed by atoms with Crippen LogP contribution in [0, 0.1) is 17.8 Å². The van der Waals surface area contributed by atoms with Gasteiger partial charge in [-0.2, -0.15) is 0 Å². The molecule has 0 aromatic rings. The zero-order valence-electron chi connectivity index (χ0n) is 20.5. The van der Waals surface area contributed by atoms with E-state index in [-0.39, 0.29) is 30.6 Å². The molecule has 0 aliphatic rings. The van der Waals surface area contributed by atoms with E-state index in [1.54, 1.807) is 27.7 Å². The molecule has 6 atom stereocenters. The smallest absolute Gasteiger partial charge is 0.326 e. The molecule has 4 amide bonds. The average Bonchev–Trinajstić information content (AvgIpc) is 2.75.